The highest BCUT2D eigenvalue weighted by molar-refractivity contribution is 5.94. The van der Waals surface area contributed by atoms with E-state index in [1.165, 1.54) is 4.90 Å². The molecule has 1 saturated heterocycles. The Bertz CT molecular complexity index is 616. The number of carboxylic acid groups (broad SMARTS) is 1. The van der Waals surface area contributed by atoms with Gasteiger partial charge in [0.25, 0.3) is 5.91 Å². The lowest BCUT2D eigenvalue weighted by Gasteiger charge is -2.25. The minimum Gasteiger partial charge on any atom is -0.480 e. The fraction of sp³-hybridized carbons (Fsp3) is 0.500. The molecule has 1 fully saturated rings. The summed E-state index contributed by atoms with van der Waals surface area (Å²) in [5.74, 6) is -5.88. The predicted molar refractivity (Wildman–Crippen MR) is 80.1 cm³/mol. The highest BCUT2D eigenvalue weighted by Crippen LogP contribution is 2.19. The van der Waals surface area contributed by atoms with Crippen LogP contribution in [0.5, 0.6) is 0 Å². The summed E-state index contributed by atoms with van der Waals surface area (Å²) in [5.41, 5.74) is -0.233. The van der Waals surface area contributed by atoms with Crippen molar-refractivity contribution in [3.05, 3.63) is 35.1 Å². The summed E-state index contributed by atoms with van der Waals surface area (Å²) in [6.45, 7) is 0.651. The van der Waals surface area contributed by atoms with Gasteiger partial charge in [0.1, 0.15) is 0 Å². The van der Waals surface area contributed by atoms with E-state index in [9.17, 15) is 22.8 Å². The SMILES string of the molecule is CN(CC(=O)O)C1CCCN(C(=O)c2cc(F)c(F)c(F)c2)CC1. The van der Waals surface area contributed by atoms with Crippen LogP contribution in [0.4, 0.5) is 13.2 Å². The number of carboxylic acids is 1. The van der Waals surface area contributed by atoms with Crippen LogP contribution in [-0.2, 0) is 4.79 Å². The van der Waals surface area contributed by atoms with Crippen molar-refractivity contribution in [1.82, 2.24) is 9.80 Å². The van der Waals surface area contributed by atoms with E-state index in [1.807, 2.05) is 0 Å². The number of aliphatic carboxylic acids is 1. The highest BCUT2D eigenvalue weighted by Gasteiger charge is 2.25. The predicted octanol–water partition coefficient (Wildman–Crippen LogP) is 2.12. The molecule has 24 heavy (non-hydrogen) atoms. The topological polar surface area (TPSA) is 60.9 Å². The molecule has 0 aliphatic carbocycles. The monoisotopic (exact) mass is 344 g/mol. The van der Waals surface area contributed by atoms with Gasteiger partial charge in [0, 0.05) is 24.7 Å². The van der Waals surface area contributed by atoms with Gasteiger partial charge in [-0.3, -0.25) is 14.5 Å². The Morgan fingerprint density at radius 3 is 2.42 bits per heavy atom. The van der Waals surface area contributed by atoms with Gasteiger partial charge in [-0.25, -0.2) is 13.2 Å². The first-order chi connectivity index (χ1) is 11.3. The summed E-state index contributed by atoms with van der Waals surface area (Å²) in [6, 6.07) is 1.40. The molecule has 1 aliphatic heterocycles. The van der Waals surface area contributed by atoms with Gasteiger partial charge in [0.15, 0.2) is 17.5 Å². The van der Waals surface area contributed by atoms with Gasteiger partial charge < -0.3 is 10.0 Å². The molecule has 1 aromatic rings. The molecule has 1 aliphatic rings. The molecule has 132 valence electrons. The molecule has 1 unspecified atom stereocenters. The van der Waals surface area contributed by atoms with Crippen molar-refractivity contribution < 1.29 is 27.9 Å². The van der Waals surface area contributed by atoms with E-state index < -0.39 is 29.3 Å². The maximum Gasteiger partial charge on any atom is 0.317 e. The first-order valence-electron chi connectivity index (χ1n) is 7.65. The molecule has 1 atom stereocenters. The third-order valence-electron chi connectivity index (χ3n) is 4.22. The largest absolute Gasteiger partial charge is 0.480 e. The molecule has 1 aromatic carbocycles. The average molecular weight is 344 g/mol. The first-order valence-corrected chi connectivity index (χ1v) is 7.65. The zero-order valence-corrected chi connectivity index (χ0v) is 13.3. The van der Waals surface area contributed by atoms with Gasteiger partial charge in [-0.05, 0) is 38.4 Å². The Labute approximate surface area is 137 Å². The van der Waals surface area contributed by atoms with E-state index >= 15 is 0 Å². The van der Waals surface area contributed by atoms with E-state index in [0.717, 1.165) is 6.42 Å². The molecule has 0 aromatic heterocycles. The Kier molecular flexibility index (Phi) is 5.82. The number of rotatable bonds is 4. The number of benzene rings is 1. The third kappa shape index (κ3) is 4.25. The van der Waals surface area contributed by atoms with E-state index in [1.54, 1.807) is 11.9 Å². The van der Waals surface area contributed by atoms with Crippen LogP contribution in [0.15, 0.2) is 12.1 Å². The van der Waals surface area contributed by atoms with Crippen molar-refractivity contribution >= 4 is 11.9 Å². The van der Waals surface area contributed by atoms with Gasteiger partial charge in [-0.15, -0.1) is 0 Å². The van der Waals surface area contributed by atoms with Crippen molar-refractivity contribution in [2.75, 3.05) is 26.7 Å². The molecule has 5 nitrogen and oxygen atoms in total. The van der Waals surface area contributed by atoms with Crippen molar-refractivity contribution in [3.63, 3.8) is 0 Å². The lowest BCUT2D eigenvalue weighted by atomic mass is 10.1. The molecular weight excluding hydrogens is 325 g/mol. The number of carbonyl (C=O) groups excluding carboxylic acids is 1. The first kappa shape index (κ1) is 18.3. The summed E-state index contributed by atoms with van der Waals surface area (Å²) >= 11 is 0. The second-order valence-electron chi connectivity index (χ2n) is 5.94. The second-order valence-corrected chi connectivity index (χ2v) is 5.94. The number of carbonyl (C=O) groups is 2. The van der Waals surface area contributed by atoms with Crippen LogP contribution in [-0.4, -0.2) is 59.5 Å². The lowest BCUT2D eigenvalue weighted by molar-refractivity contribution is -0.138. The number of likely N-dealkylation sites (N-methyl/N-ethyl adjacent to an activating group) is 1. The molecular formula is C16H19F3N2O3. The fourth-order valence-electron chi connectivity index (χ4n) is 2.93. The molecule has 0 saturated carbocycles. The molecule has 0 radical (unpaired) electrons. The minimum atomic E-state index is -1.60. The third-order valence-corrected chi connectivity index (χ3v) is 4.22. The number of halogens is 3. The van der Waals surface area contributed by atoms with Crippen molar-refractivity contribution in [1.29, 1.82) is 0 Å². The lowest BCUT2D eigenvalue weighted by Crippen LogP contribution is -2.37. The standard InChI is InChI=1S/C16H19F3N2O3/c1-20(9-14(22)23)11-3-2-5-21(6-4-11)16(24)10-7-12(17)15(19)13(18)8-10/h7-8,11H,2-6,9H2,1H3,(H,22,23). The van der Waals surface area contributed by atoms with Crippen molar-refractivity contribution in [2.24, 2.45) is 0 Å². The Morgan fingerprint density at radius 2 is 1.83 bits per heavy atom. The molecule has 1 amide bonds. The summed E-state index contributed by atoms with van der Waals surface area (Å²) < 4.78 is 39.6. The van der Waals surface area contributed by atoms with E-state index in [2.05, 4.69) is 0 Å². The maximum absolute atomic E-state index is 13.3. The van der Waals surface area contributed by atoms with Gasteiger partial charge in [-0.2, -0.15) is 0 Å². The van der Waals surface area contributed by atoms with E-state index in [0.29, 0.717) is 38.1 Å². The van der Waals surface area contributed by atoms with Crippen LogP contribution in [0.2, 0.25) is 0 Å². The molecule has 8 heteroatoms. The number of likely N-dealkylation sites (tertiary alicyclic amines) is 1. The summed E-state index contributed by atoms with van der Waals surface area (Å²) in [5, 5.41) is 8.84. The number of amides is 1. The van der Waals surface area contributed by atoms with Crippen LogP contribution in [0.1, 0.15) is 29.6 Å². The normalized spacial score (nSPS) is 18.5. The van der Waals surface area contributed by atoms with Crippen molar-refractivity contribution in [3.8, 4) is 0 Å². The minimum absolute atomic E-state index is 0.0144. The highest BCUT2D eigenvalue weighted by atomic mass is 19.2. The Hall–Kier alpha value is -2.09. The number of nitrogens with zero attached hydrogens (tertiary/aromatic N) is 2. The summed E-state index contributed by atoms with van der Waals surface area (Å²) in [7, 11) is 1.71. The molecule has 1 N–H and O–H groups in total. The number of hydrogen-bond donors (Lipinski definition) is 1. The number of hydrogen-bond acceptors (Lipinski definition) is 3. The van der Waals surface area contributed by atoms with E-state index in [4.69, 9.17) is 5.11 Å². The van der Waals surface area contributed by atoms with Crippen molar-refractivity contribution in [2.45, 2.75) is 25.3 Å². The molecule has 1 heterocycles. The second kappa shape index (κ2) is 7.65. The van der Waals surface area contributed by atoms with Gasteiger partial charge >= 0.3 is 5.97 Å². The van der Waals surface area contributed by atoms with E-state index in [-0.39, 0.29) is 18.2 Å². The summed E-state index contributed by atoms with van der Waals surface area (Å²) in [6.07, 6.45) is 1.92. The van der Waals surface area contributed by atoms with Crippen LogP contribution < -0.4 is 0 Å². The average Bonchev–Trinajstić information content (AvgIpc) is 2.76. The molecule has 0 bridgehead atoms. The maximum atomic E-state index is 13.3. The smallest absolute Gasteiger partial charge is 0.317 e. The summed E-state index contributed by atoms with van der Waals surface area (Å²) in [4.78, 5) is 26.3. The van der Waals surface area contributed by atoms with Crippen LogP contribution >= 0.6 is 0 Å². The van der Waals surface area contributed by atoms with Crippen LogP contribution in [0, 0.1) is 17.5 Å². The Balaban J connectivity index is 2.05. The Morgan fingerprint density at radius 1 is 1.21 bits per heavy atom. The van der Waals surface area contributed by atoms with Gasteiger partial charge in [0.05, 0.1) is 6.54 Å². The molecule has 0 spiro atoms. The van der Waals surface area contributed by atoms with Gasteiger partial charge in [0.2, 0.25) is 0 Å². The molecule has 2 rings (SSSR count). The zero-order chi connectivity index (χ0) is 17.9. The fourth-order valence-corrected chi connectivity index (χ4v) is 2.93. The van der Waals surface area contributed by atoms with Crippen LogP contribution in [0.3, 0.4) is 0 Å². The van der Waals surface area contributed by atoms with Gasteiger partial charge in [-0.1, -0.05) is 0 Å². The quantitative estimate of drug-likeness (QED) is 0.850. The van der Waals surface area contributed by atoms with Crippen LogP contribution in [0.25, 0.3) is 0 Å². The zero-order valence-electron chi connectivity index (χ0n) is 13.3.